The number of amides is 2. The maximum atomic E-state index is 12.2. The predicted molar refractivity (Wildman–Crippen MR) is 81.2 cm³/mol. The topological polar surface area (TPSA) is 58.6 Å². The fraction of sp³-hybridized carbons (Fsp3) is 0.500. The summed E-state index contributed by atoms with van der Waals surface area (Å²) < 4.78 is 5.08. The summed E-state index contributed by atoms with van der Waals surface area (Å²) in [6.07, 6.45) is 1.20. The van der Waals surface area contributed by atoms with Crippen LogP contribution in [0.4, 0.5) is 5.69 Å². The Kier molecular flexibility index (Phi) is 4.83. The molecule has 114 valence electrons. The summed E-state index contributed by atoms with van der Waals surface area (Å²) in [6.45, 7) is 4.57. The molecule has 5 heteroatoms. The van der Waals surface area contributed by atoms with Crippen LogP contribution in [-0.4, -0.2) is 36.4 Å². The van der Waals surface area contributed by atoms with Crippen molar-refractivity contribution in [2.24, 2.45) is 5.92 Å². The van der Waals surface area contributed by atoms with Gasteiger partial charge in [0.2, 0.25) is 11.8 Å². The van der Waals surface area contributed by atoms with Crippen LogP contribution < -0.4 is 10.1 Å². The van der Waals surface area contributed by atoms with Gasteiger partial charge in [-0.25, -0.2) is 0 Å². The number of likely N-dealkylation sites (tertiary alicyclic amines) is 1. The van der Waals surface area contributed by atoms with Crippen molar-refractivity contribution < 1.29 is 14.3 Å². The molecule has 1 aliphatic rings. The fourth-order valence-corrected chi connectivity index (χ4v) is 2.47. The summed E-state index contributed by atoms with van der Waals surface area (Å²) in [4.78, 5) is 26.0. The van der Waals surface area contributed by atoms with Gasteiger partial charge in [0.15, 0.2) is 0 Å². The molecule has 1 aromatic rings. The lowest BCUT2D eigenvalue weighted by atomic mass is 10.1. The highest BCUT2D eigenvalue weighted by atomic mass is 16.5. The zero-order valence-corrected chi connectivity index (χ0v) is 12.8. The average molecular weight is 290 g/mol. The zero-order valence-electron chi connectivity index (χ0n) is 12.8. The third kappa shape index (κ3) is 3.54. The van der Waals surface area contributed by atoms with Gasteiger partial charge in [-0.1, -0.05) is 6.92 Å². The molecule has 1 N–H and O–H groups in total. The Morgan fingerprint density at radius 3 is 2.67 bits per heavy atom. The smallest absolute Gasteiger partial charge is 0.229 e. The second-order valence-corrected chi connectivity index (χ2v) is 5.42. The van der Waals surface area contributed by atoms with Crippen LogP contribution in [0, 0.1) is 5.92 Å². The van der Waals surface area contributed by atoms with E-state index in [-0.39, 0.29) is 23.8 Å². The van der Waals surface area contributed by atoms with E-state index in [0.29, 0.717) is 13.0 Å². The van der Waals surface area contributed by atoms with Crippen LogP contribution in [0.1, 0.15) is 26.7 Å². The molecule has 1 heterocycles. The van der Waals surface area contributed by atoms with E-state index in [4.69, 9.17) is 4.74 Å². The summed E-state index contributed by atoms with van der Waals surface area (Å²) in [5, 5.41) is 2.86. The number of nitrogens with one attached hydrogen (secondary N) is 1. The first-order valence-electron chi connectivity index (χ1n) is 7.29. The molecule has 2 rings (SSSR count). The zero-order chi connectivity index (χ0) is 15.4. The molecule has 0 aromatic heterocycles. The fourth-order valence-electron chi connectivity index (χ4n) is 2.47. The first-order chi connectivity index (χ1) is 10.0. The molecule has 1 saturated heterocycles. The van der Waals surface area contributed by atoms with Crippen LogP contribution in [-0.2, 0) is 9.59 Å². The van der Waals surface area contributed by atoms with E-state index in [2.05, 4.69) is 5.32 Å². The van der Waals surface area contributed by atoms with Crippen molar-refractivity contribution in [3.8, 4) is 5.75 Å². The number of ether oxygens (including phenoxy) is 1. The lowest BCUT2D eigenvalue weighted by molar-refractivity contribution is -0.129. The van der Waals surface area contributed by atoms with Gasteiger partial charge in [-0.3, -0.25) is 9.59 Å². The van der Waals surface area contributed by atoms with Gasteiger partial charge in [0.1, 0.15) is 5.75 Å². The molecule has 0 saturated carbocycles. The van der Waals surface area contributed by atoms with Gasteiger partial charge in [-0.15, -0.1) is 0 Å². The first kappa shape index (κ1) is 15.4. The van der Waals surface area contributed by atoms with Crippen molar-refractivity contribution in [2.45, 2.75) is 32.7 Å². The standard InChI is InChI=1S/C16H22N2O3/c1-4-11(2)18-10-12(9-15(18)19)16(20)17-13-5-7-14(21-3)8-6-13/h5-8,11-12H,4,9-10H2,1-3H3,(H,17,20). The van der Waals surface area contributed by atoms with Crippen molar-refractivity contribution in [3.05, 3.63) is 24.3 Å². The number of hydrogen-bond acceptors (Lipinski definition) is 3. The molecular weight excluding hydrogens is 268 g/mol. The van der Waals surface area contributed by atoms with Crippen LogP contribution in [0.3, 0.4) is 0 Å². The number of methoxy groups -OCH3 is 1. The molecular formula is C16H22N2O3. The average Bonchev–Trinajstić information content (AvgIpc) is 2.89. The maximum absolute atomic E-state index is 12.2. The van der Waals surface area contributed by atoms with Crippen molar-refractivity contribution >= 4 is 17.5 Å². The first-order valence-corrected chi connectivity index (χ1v) is 7.29. The lowest BCUT2D eigenvalue weighted by Crippen LogP contribution is -2.35. The molecule has 1 fully saturated rings. The Hall–Kier alpha value is -2.04. The molecule has 2 atom stereocenters. The number of carbonyl (C=O) groups is 2. The summed E-state index contributed by atoms with van der Waals surface area (Å²) >= 11 is 0. The maximum Gasteiger partial charge on any atom is 0.229 e. The Labute approximate surface area is 125 Å². The summed E-state index contributed by atoms with van der Waals surface area (Å²) in [5.41, 5.74) is 0.718. The Balaban J connectivity index is 1.96. The van der Waals surface area contributed by atoms with Crippen molar-refractivity contribution in [1.82, 2.24) is 4.90 Å². The van der Waals surface area contributed by atoms with Crippen molar-refractivity contribution in [3.63, 3.8) is 0 Å². The molecule has 0 aliphatic carbocycles. The van der Waals surface area contributed by atoms with E-state index in [9.17, 15) is 9.59 Å². The van der Waals surface area contributed by atoms with E-state index in [1.807, 2.05) is 13.8 Å². The van der Waals surface area contributed by atoms with Crippen LogP contribution in [0.15, 0.2) is 24.3 Å². The Morgan fingerprint density at radius 2 is 2.10 bits per heavy atom. The molecule has 0 spiro atoms. The minimum Gasteiger partial charge on any atom is -0.497 e. The van der Waals surface area contributed by atoms with E-state index < -0.39 is 0 Å². The normalized spacial score (nSPS) is 19.5. The monoisotopic (exact) mass is 290 g/mol. The van der Waals surface area contributed by atoms with Gasteiger partial charge < -0.3 is 15.0 Å². The second-order valence-electron chi connectivity index (χ2n) is 5.42. The van der Waals surface area contributed by atoms with E-state index >= 15 is 0 Å². The summed E-state index contributed by atoms with van der Waals surface area (Å²) in [7, 11) is 1.60. The number of nitrogens with zero attached hydrogens (tertiary/aromatic N) is 1. The Bertz CT molecular complexity index is 513. The molecule has 1 aliphatic heterocycles. The number of anilines is 1. The SMILES string of the molecule is CCC(C)N1CC(C(=O)Nc2ccc(OC)cc2)CC1=O. The van der Waals surface area contributed by atoms with Gasteiger partial charge in [0, 0.05) is 24.7 Å². The highest BCUT2D eigenvalue weighted by Gasteiger charge is 2.36. The van der Waals surface area contributed by atoms with E-state index in [0.717, 1.165) is 17.9 Å². The van der Waals surface area contributed by atoms with E-state index in [1.54, 1.807) is 36.3 Å². The second kappa shape index (κ2) is 6.61. The highest BCUT2D eigenvalue weighted by Crippen LogP contribution is 2.23. The highest BCUT2D eigenvalue weighted by molar-refractivity contribution is 5.97. The van der Waals surface area contributed by atoms with Gasteiger partial charge in [-0.2, -0.15) is 0 Å². The molecule has 5 nitrogen and oxygen atoms in total. The number of hydrogen-bond donors (Lipinski definition) is 1. The van der Waals surface area contributed by atoms with Crippen LogP contribution in [0.25, 0.3) is 0 Å². The molecule has 0 bridgehead atoms. The molecule has 1 aromatic carbocycles. The van der Waals surface area contributed by atoms with Gasteiger partial charge in [0.05, 0.1) is 13.0 Å². The third-order valence-corrected chi connectivity index (χ3v) is 4.01. The van der Waals surface area contributed by atoms with Crippen molar-refractivity contribution in [1.29, 1.82) is 0 Å². The summed E-state index contributed by atoms with van der Waals surface area (Å²) in [5.74, 6) is 0.444. The molecule has 2 unspecified atom stereocenters. The van der Waals surface area contributed by atoms with Gasteiger partial charge >= 0.3 is 0 Å². The van der Waals surface area contributed by atoms with Crippen LogP contribution >= 0.6 is 0 Å². The summed E-state index contributed by atoms with van der Waals surface area (Å²) in [6, 6.07) is 7.36. The van der Waals surface area contributed by atoms with Crippen LogP contribution in [0.5, 0.6) is 5.75 Å². The van der Waals surface area contributed by atoms with Crippen LogP contribution in [0.2, 0.25) is 0 Å². The quantitative estimate of drug-likeness (QED) is 0.905. The molecule has 0 radical (unpaired) electrons. The lowest BCUT2D eigenvalue weighted by Gasteiger charge is -2.23. The minimum absolute atomic E-state index is 0.0687. The number of carbonyl (C=O) groups excluding carboxylic acids is 2. The largest absolute Gasteiger partial charge is 0.497 e. The number of benzene rings is 1. The predicted octanol–water partition coefficient (Wildman–Crippen LogP) is 2.28. The van der Waals surface area contributed by atoms with E-state index in [1.165, 1.54) is 0 Å². The third-order valence-electron chi connectivity index (χ3n) is 4.01. The van der Waals surface area contributed by atoms with Gasteiger partial charge in [0.25, 0.3) is 0 Å². The minimum atomic E-state index is -0.270. The van der Waals surface area contributed by atoms with Gasteiger partial charge in [-0.05, 0) is 37.6 Å². The Morgan fingerprint density at radius 1 is 1.43 bits per heavy atom. The number of rotatable bonds is 5. The van der Waals surface area contributed by atoms with Crippen molar-refractivity contribution in [2.75, 3.05) is 19.0 Å². The molecule has 2 amide bonds. The molecule has 21 heavy (non-hydrogen) atoms.